The maximum Gasteiger partial charge on any atom is 0.264 e. The molecule has 1 heterocycles. The molecule has 5 heteroatoms. The van der Waals surface area contributed by atoms with E-state index < -0.39 is 11.5 Å². The van der Waals surface area contributed by atoms with E-state index >= 15 is 0 Å². The van der Waals surface area contributed by atoms with Gasteiger partial charge in [-0.3, -0.25) is 9.59 Å². The highest BCUT2D eigenvalue weighted by molar-refractivity contribution is 6.31. The lowest BCUT2D eigenvalue weighted by molar-refractivity contribution is -0.136. The van der Waals surface area contributed by atoms with E-state index in [1.165, 1.54) is 0 Å². The molecule has 1 amide bonds. The number of hydrogen-bond acceptors (Lipinski definition) is 3. The molecule has 4 nitrogen and oxygen atoms in total. The number of anilines is 1. The predicted molar refractivity (Wildman–Crippen MR) is 127 cm³/mol. The molecule has 1 aliphatic rings. The van der Waals surface area contributed by atoms with E-state index in [0.29, 0.717) is 34.3 Å². The second-order valence-electron chi connectivity index (χ2n) is 8.72. The third-order valence-corrected chi connectivity index (χ3v) is 6.43. The number of carbonyl (C=O) groups is 2. The highest BCUT2D eigenvalue weighted by Crippen LogP contribution is 2.45. The van der Waals surface area contributed by atoms with E-state index in [2.05, 4.69) is 13.8 Å². The number of rotatable bonds is 6. The van der Waals surface area contributed by atoms with Gasteiger partial charge in [0.25, 0.3) is 5.91 Å². The van der Waals surface area contributed by atoms with Crippen molar-refractivity contribution in [2.24, 2.45) is 0 Å². The first kappa shape index (κ1) is 22.3. The van der Waals surface area contributed by atoms with Gasteiger partial charge in [0.15, 0.2) is 11.4 Å². The fourth-order valence-electron chi connectivity index (χ4n) is 4.20. The van der Waals surface area contributed by atoms with E-state index in [4.69, 9.17) is 11.6 Å². The summed E-state index contributed by atoms with van der Waals surface area (Å²) in [7, 11) is 0. The minimum absolute atomic E-state index is 0.292. The van der Waals surface area contributed by atoms with Crippen LogP contribution in [0.1, 0.15) is 58.8 Å². The number of aliphatic hydroxyl groups is 1. The van der Waals surface area contributed by atoms with Crippen molar-refractivity contribution in [1.29, 1.82) is 0 Å². The molecule has 1 N–H and O–H groups in total. The lowest BCUT2D eigenvalue weighted by Gasteiger charge is -2.23. The average Bonchev–Trinajstić information content (AvgIpc) is 2.96. The van der Waals surface area contributed by atoms with Crippen LogP contribution in [0.2, 0.25) is 5.02 Å². The SMILES string of the molecule is Cc1ccccc1CN1C(=O)[C@](O)(CC(=O)c2ccc(C(C)C)cc2)c2cc(Cl)ccc21. The molecule has 0 spiro atoms. The summed E-state index contributed by atoms with van der Waals surface area (Å²) in [6, 6.07) is 20.1. The number of halogens is 1. The summed E-state index contributed by atoms with van der Waals surface area (Å²) in [6.45, 7) is 6.45. The molecule has 0 saturated heterocycles. The molecule has 0 unspecified atom stereocenters. The maximum atomic E-state index is 13.5. The Morgan fingerprint density at radius 2 is 1.75 bits per heavy atom. The van der Waals surface area contributed by atoms with Gasteiger partial charge < -0.3 is 10.0 Å². The number of ketones is 1. The van der Waals surface area contributed by atoms with Gasteiger partial charge in [-0.25, -0.2) is 0 Å². The van der Waals surface area contributed by atoms with Crippen molar-refractivity contribution in [3.05, 3.63) is 99.6 Å². The topological polar surface area (TPSA) is 57.6 Å². The lowest BCUT2D eigenvalue weighted by Crippen LogP contribution is -2.41. The number of fused-ring (bicyclic) bond motifs is 1. The zero-order valence-corrected chi connectivity index (χ0v) is 19.2. The molecule has 1 aliphatic heterocycles. The number of Topliss-reactive ketones (excluding diaryl/α,β-unsaturated/α-hetero) is 1. The normalized spacial score (nSPS) is 17.7. The Hall–Kier alpha value is -2.95. The molecule has 0 saturated carbocycles. The van der Waals surface area contributed by atoms with Crippen LogP contribution in [0.25, 0.3) is 0 Å². The Balaban J connectivity index is 1.68. The van der Waals surface area contributed by atoms with Gasteiger partial charge in [0.05, 0.1) is 18.7 Å². The van der Waals surface area contributed by atoms with Crippen molar-refractivity contribution in [3.63, 3.8) is 0 Å². The molecule has 32 heavy (non-hydrogen) atoms. The van der Waals surface area contributed by atoms with Crippen LogP contribution in [0.4, 0.5) is 5.69 Å². The molecule has 1 atom stereocenters. The molecule has 0 aliphatic carbocycles. The number of nitrogens with zero attached hydrogens (tertiary/aromatic N) is 1. The summed E-state index contributed by atoms with van der Waals surface area (Å²) < 4.78 is 0. The first-order valence-electron chi connectivity index (χ1n) is 10.7. The minimum atomic E-state index is -1.96. The van der Waals surface area contributed by atoms with Gasteiger partial charge in [-0.2, -0.15) is 0 Å². The van der Waals surface area contributed by atoms with Crippen LogP contribution < -0.4 is 4.90 Å². The number of benzene rings is 3. The lowest BCUT2D eigenvalue weighted by atomic mass is 9.87. The largest absolute Gasteiger partial charge is 0.375 e. The van der Waals surface area contributed by atoms with Crippen molar-refractivity contribution in [3.8, 4) is 0 Å². The Bertz CT molecular complexity index is 1190. The molecular weight excluding hydrogens is 422 g/mol. The number of hydrogen-bond donors (Lipinski definition) is 1. The Labute approximate surface area is 193 Å². The maximum absolute atomic E-state index is 13.5. The first-order chi connectivity index (χ1) is 15.2. The third kappa shape index (κ3) is 3.96. The smallest absolute Gasteiger partial charge is 0.264 e. The zero-order valence-electron chi connectivity index (χ0n) is 18.4. The van der Waals surface area contributed by atoms with Crippen molar-refractivity contribution >= 4 is 29.0 Å². The fraction of sp³-hybridized carbons (Fsp3) is 0.259. The summed E-state index contributed by atoms with van der Waals surface area (Å²) in [5, 5.41) is 12.0. The number of aryl methyl sites for hydroxylation is 1. The summed E-state index contributed by atoms with van der Waals surface area (Å²) >= 11 is 6.21. The van der Waals surface area contributed by atoms with Gasteiger partial charge >= 0.3 is 0 Å². The summed E-state index contributed by atoms with van der Waals surface area (Å²) in [5.74, 6) is -0.450. The van der Waals surface area contributed by atoms with Crippen LogP contribution in [0.15, 0.2) is 66.7 Å². The molecule has 3 aromatic rings. The Morgan fingerprint density at radius 3 is 2.41 bits per heavy atom. The van der Waals surface area contributed by atoms with Crippen LogP contribution in [0.5, 0.6) is 0 Å². The van der Waals surface area contributed by atoms with E-state index in [9.17, 15) is 14.7 Å². The second kappa shape index (κ2) is 8.53. The fourth-order valence-corrected chi connectivity index (χ4v) is 4.37. The highest BCUT2D eigenvalue weighted by atomic mass is 35.5. The van der Waals surface area contributed by atoms with Gasteiger partial charge in [-0.1, -0.05) is 74.0 Å². The zero-order chi connectivity index (χ0) is 23.0. The van der Waals surface area contributed by atoms with E-state index in [-0.39, 0.29) is 12.2 Å². The quantitative estimate of drug-likeness (QED) is 0.487. The Morgan fingerprint density at radius 1 is 1.06 bits per heavy atom. The molecule has 164 valence electrons. The summed E-state index contributed by atoms with van der Waals surface area (Å²) in [5.41, 5.74) is 2.60. The van der Waals surface area contributed by atoms with Crippen molar-refractivity contribution in [2.45, 2.75) is 45.3 Å². The minimum Gasteiger partial charge on any atom is -0.375 e. The standard InChI is InChI=1S/C27H26ClNO3/c1-17(2)19-8-10-20(11-9-19)25(30)15-27(32)23-14-22(28)12-13-24(23)29(26(27)31)16-21-7-5-4-6-18(21)3/h4-14,17,32H,15-16H2,1-3H3/t27-/m0/s1. The number of carbonyl (C=O) groups excluding carboxylic acids is 2. The summed E-state index contributed by atoms with van der Waals surface area (Å²) in [4.78, 5) is 28.1. The molecule has 4 rings (SSSR count). The van der Waals surface area contributed by atoms with Crippen LogP contribution in [0, 0.1) is 6.92 Å². The van der Waals surface area contributed by atoms with E-state index in [0.717, 1.165) is 16.7 Å². The van der Waals surface area contributed by atoms with Crippen LogP contribution in [-0.4, -0.2) is 16.8 Å². The second-order valence-corrected chi connectivity index (χ2v) is 9.15. The van der Waals surface area contributed by atoms with Crippen LogP contribution in [-0.2, 0) is 16.9 Å². The summed E-state index contributed by atoms with van der Waals surface area (Å²) in [6.07, 6.45) is -0.343. The third-order valence-electron chi connectivity index (χ3n) is 6.20. The van der Waals surface area contributed by atoms with Gasteiger partial charge in [0.2, 0.25) is 0 Å². The highest BCUT2D eigenvalue weighted by Gasteiger charge is 2.51. The van der Waals surface area contributed by atoms with Gasteiger partial charge in [0, 0.05) is 16.1 Å². The van der Waals surface area contributed by atoms with Crippen molar-refractivity contribution in [2.75, 3.05) is 4.90 Å². The molecule has 0 bridgehead atoms. The molecule has 0 aromatic heterocycles. The van der Waals surface area contributed by atoms with Crippen molar-refractivity contribution in [1.82, 2.24) is 0 Å². The number of amides is 1. The van der Waals surface area contributed by atoms with Gasteiger partial charge in [0.1, 0.15) is 0 Å². The average molecular weight is 448 g/mol. The molecule has 0 fully saturated rings. The molecular formula is C27H26ClNO3. The molecule has 3 aromatic carbocycles. The van der Waals surface area contributed by atoms with Crippen LogP contribution >= 0.6 is 11.6 Å². The van der Waals surface area contributed by atoms with Gasteiger partial charge in [-0.15, -0.1) is 0 Å². The molecule has 0 radical (unpaired) electrons. The van der Waals surface area contributed by atoms with Crippen molar-refractivity contribution < 1.29 is 14.7 Å². The van der Waals surface area contributed by atoms with E-state index in [1.807, 2.05) is 43.3 Å². The first-order valence-corrected chi connectivity index (χ1v) is 11.1. The predicted octanol–water partition coefficient (Wildman–Crippen LogP) is 5.78. The van der Waals surface area contributed by atoms with Gasteiger partial charge in [-0.05, 0) is 47.7 Å². The van der Waals surface area contributed by atoms with Crippen LogP contribution in [0.3, 0.4) is 0 Å². The van der Waals surface area contributed by atoms with E-state index in [1.54, 1.807) is 35.2 Å². The monoisotopic (exact) mass is 447 g/mol. The Kier molecular flexibility index (Phi) is 5.93.